The van der Waals surface area contributed by atoms with Crippen LogP contribution in [0.2, 0.25) is 0 Å². The largest absolute Gasteiger partial charge is 0.348 e. The van der Waals surface area contributed by atoms with Gasteiger partial charge in [0, 0.05) is 31.0 Å². The number of aryl methyl sites for hydroxylation is 1. The third kappa shape index (κ3) is 5.08. The molecule has 4 heterocycles. The predicted octanol–water partition coefficient (Wildman–Crippen LogP) is 2.35. The fourth-order valence-electron chi connectivity index (χ4n) is 5.12. The molecule has 12 heteroatoms. The second kappa shape index (κ2) is 10.4. The van der Waals surface area contributed by atoms with E-state index in [4.69, 9.17) is 0 Å². The minimum atomic E-state index is -0.638. The molecule has 0 atom stereocenters. The molecule has 1 saturated carbocycles. The van der Waals surface area contributed by atoms with Gasteiger partial charge in [0.25, 0.3) is 11.5 Å². The van der Waals surface area contributed by atoms with Crippen molar-refractivity contribution in [3.8, 4) is 0 Å². The Balaban J connectivity index is 1.34. The smallest absolute Gasteiger partial charge is 0.332 e. The van der Waals surface area contributed by atoms with E-state index in [-0.39, 0.29) is 34.7 Å². The average Bonchev–Trinajstić information content (AvgIpc) is 3.30. The third-order valence-electron chi connectivity index (χ3n) is 7.01. The molecule has 1 fully saturated rings. The highest BCUT2D eigenvalue weighted by molar-refractivity contribution is 5.93. The molecule has 5 rings (SSSR count). The van der Waals surface area contributed by atoms with E-state index < -0.39 is 22.9 Å². The zero-order valence-electron chi connectivity index (χ0n) is 21.2. The molecule has 1 N–H and O–H groups in total. The van der Waals surface area contributed by atoms with Crippen LogP contribution in [0.25, 0.3) is 16.7 Å². The van der Waals surface area contributed by atoms with Gasteiger partial charge in [0.15, 0.2) is 0 Å². The summed E-state index contributed by atoms with van der Waals surface area (Å²) < 4.78 is 31.6. The number of nitrogens with zero attached hydrogens (tertiary/aromatic N) is 6. The topological polar surface area (TPSA) is 107 Å². The Kier molecular flexibility index (Phi) is 7.06. The summed E-state index contributed by atoms with van der Waals surface area (Å²) in [6.07, 6.45) is 6.47. The minimum absolute atomic E-state index is 0.0770. The van der Waals surface area contributed by atoms with E-state index in [0.29, 0.717) is 44.3 Å². The van der Waals surface area contributed by atoms with Crippen molar-refractivity contribution in [3.05, 3.63) is 75.0 Å². The Hall–Kier alpha value is -3.93. The van der Waals surface area contributed by atoms with E-state index in [2.05, 4.69) is 15.3 Å². The Bertz CT molecular complexity index is 1620. The molecule has 0 aromatic carbocycles. The summed E-state index contributed by atoms with van der Waals surface area (Å²) in [6.45, 7) is 1.08. The van der Waals surface area contributed by atoms with E-state index in [1.54, 1.807) is 0 Å². The fraction of sp³-hybridized carbons (Fsp3) is 0.423. The van der Waals surface area contributed by atoms with Gasteiger partial charge >= 0.3 is 5.69 Å². The molecule has 0 bridgehead atoms. The van der Waals surface area contributed by atoms with E-state index in [1.165, 1.54) is 38.1 Å². The van der Waals surface area contributed by atoms with Crippen LogP contribution in [0, 0.1) is 11.6 Å². The summed E-state index contributed by atoms with van der Waals surface area (Å²) in [7, 11) is 3.86. The lowest BCUT2D eigenvalue weighted by Gasteiger charge is -2.30. The number of nitrogens with one attached hydrogen (secondary N) is 1. The number of rotatable bonds is 7. The van der Waals surface area contributed by atoms with Gasteiger partial charge in [-0.3, -0.25) is 18.7 Å². The second-order valence-electron chi connectivity index (χ2n) is 10.0. The molecular weight excluding hydrogens is 496 g/mol. The number of hydrogen-bond acceptors (Lipinski definition) is 6. The van der Waals surface area contributed by atoms with Crippen molar-refractivity contribution in [2.45, 2.75) is 50.7 Å². The number of hydrogen-bond donors (Lipinski definition) is 1. The van der Waals surface area contributed by atoms with Crippen molar-refractivity contribution in [1.29, 1.82) is 0 Å². The first-order valence-electron chi connectivity index (χ1n) is 12.6. The highest BCUT2D eigenvalue weighted by Crippen LogP contribution is 2.27. The van der Waals surface area contributed by atoms with Crippen molar-refractivity contribution in [2.24, 2.45) is 0 Å². The molecule has 4 aromatic rings. The lowest BCUT2D eigenvalue weighted by molar-refractivity contribution is 0.0917. The molecule has 0 aliphatic heterocycles. The number of carbonyl (C=O) groups is 1. The Labute approximate surface area is 216 Å². The maximum Gasteiger partial charge on any atom is 0.332 e. The first kappa shape index (κ1) is 25.7. The minimum Gasteiger partial charge on any atom is -0.348 e. The van der Waals surface area contributed by atoms with Crippen LogP contribution < -0.4 is 16.6 Å². The van der Waals surface area contributed by atoms with Crippen LogP contribution >= 0.6 is 0 Å². The third-order valence-corrected chi connectivity index (χ3v) is 7.01. The predicted molar refractivity (Wildman–Crippen MR) is 137 cm³/mol. The van der Waals surface area contributed by atoms with Gasteiger partial charge in [0.05, 0.1) is 11.6 Å². The van der Waals surface area contributed by atoms with Crippen molar-refractivity contribution in [3.63, 3.8) is 0 Å². The molecule has 10 nitrogen and oxygen atoms in total. The second-order valence-corrected chi connectivity index (χ2v) is 10.0. The quantitative estimate of drug-likeness (QED) is 0.397. The Morgan fingerprint density at radius 3 is 2.61 bits per heavy atom. The van der Waals surface area contributed by atoms with Crippen molar-refractivity contribution >= 4 is 22.6 Å². The van der Waals surface area contributed by atoms with Gasteiger partial charge in [-0.15, -0.1) is 0 Å². The summed E-state index contributed by atoms with van der Waals surface area (Å²) in [5.74, 6) is -1.44. The van der Waals surface area contributed by atoms with E-state index >= 15 is 0 Å². The van der Waals surface area contributed by atoms with Crippen LogP contribution in [0.4, 0.5) is 8.78 Å². The lowest BCUT2D eigenvalue weighted by Crippen LogP contribution is -2.45. The zero-order valence-corrected chi connectivity index (χ0v) is 21.2. The average molecular weight is 526 g/mol. The van der Waals surface area contributed by atoms with Crippen LogP contribution in [0.15, 0.2) is 46.4 Å². The monoisotopic (exact) mass is 525 g/mol. The van der Waals surface area contributed by atoms with E-state index in [1.807, 2.05) is 19.0 Å². The van der Waals surface area contributed by atoms with Gasteiger partial charge in [-0.2, -0.15) is 0 Å². The number of amides is 1. The maximum absolute atomic E-state index is 14.0. The first-order chi connectivity index (χ1) is 18.2. The van der Waals surface area contributed by atoms with E-state index in [0.717, 1.165) is 18.8 Å². The number of halogens is 2. The van der Waals surface area contributed by atoms with E-state index in [9.17, 15) is 23.2 Å². The Morgan fingerprint density at radius 2 is 1.87 bits per heavy atom. The lowest BCUT2D eigenvalue weighted by atomic mass is 9.91. The summed E-state index contributed by atoms with van der Waals surface area (Å²) in [5.41, 5.74) is -0.179. The summed E-state index contributed by atoms with van der Waals surface area (Å²) in [5, 5.41) is 3.03. The van der Waals surface area contributed by atoms with Crippen molar-refractivity contribution < 1.29 is 13.6 Å². The van der Waals surface area contributed by atoms with Crippen molar-refractivity contribution in [1.82, 2.24) is 33.7 Å². The molecule has 0 saturated heterocycles. The number of pyridine rings is 2. The molecule has 0 spiro atoms. The number of carbonyl (C=O) groups excluding carboxylic acids is 1. The molecule has 4 aromatic heterocycles. The van der Waals surface area contributed by atoms with Gasteiger partial charge in [-0.25, -0.2) is 23.5 Å². The van der Waals surface area contributed by atoms with Gasteiger partial charge in [0.2, 0.25) is 0 Å². The van der Waals surface area contributed by atoms with Crippen LogP contribution in [-0.4, -0.2) is 61.0 Å². The number of aromatic nitrogens is 5. The fourth-order valence-corrected chi connectivity index (χ4v) is 5.12. The molecule has 0 radical (unpaired) electrons. The summed E-state index contributed by atoms with van der Waals surface area (Å²) in [6, 6.07) is 3.36. The van der Waals surface area contributed by atoms with Crippen LogP contribution in [0.5, 0.6) is 0 Å². The molecule has 1 aliphatic rings. The van der Waals surface area contributed by atoms with Crippen LogP contribution in [-0.2, 0) is 6.54 Å². The van der Waals surface area contributed by atoms with Crippen LogP contribution in [0.3, 0.4) is 0 Å². The maximum atomic E-state index is 14.0. The SMILES string of the molecule is CN(C)CCCn1c(=O)n([C@H]2CC[C@@H](NC(=O)c3cn4cc(F)ccc4n3)CC2)c(=O)c2cc(F)cnc21. The van der Waals surface area contributed by atoms with Gasteiger partial charge in [0.1, 0.15) is 28.6 Å². The summed E-state index contributed by atoms with van der Waals surface area (Å²) in [4.78, 5) is 49.9. The van der Waals surface area contributed by atoms with Gasteiger partial charge in [-0.1, -0.05) is 0 Å². The molecular formula is C26H29F2N7O3. The Morgan fingerprint density at radius 1 is 1.11 bits per heavy atom. The van der Waals surface area contributed by atoms with Gasteiger partial charge < -0.3 is 14.6 Å². The highest BCUT2D eigenvalue weighted by atomic mass is 19.1. The summed E-state index contributed by atoms with van der Waals surface area (Å²) >= 11 is 0. The zero-order chi connectivity index (χ0) is 27.0. The number of fused-ring (bicyclic) bond motifs is 2. The molecule has 1 aliphatic carbocycles. The molecule has 0 unspecified atom stereocenters. The normalized spacial score (nSPS) is 17.9. The standard InChI is InChI=1S/C26H29F2N7O3/c1-32(2)10-3-11-34-23-20(12-17(28)13-29-23)25(37)35(26(34)38)19-7-5-18(6-8-19)30-24(36)21-15-33-14-16(27)4-9-22(33)31-21/h4,9,12-15,18-19H,3,5-8,10-11H2,1-2H3,(H,30,36)/t18-,19+. The first-order valence-corrected chi connectivity index (χ1v) is 12.6. The molecule has 38 heavy (non-hydrogen) atoms. The van der Waals surface area contributed by atoms with Crippen LogP contribution in [0.1, 0.15) is 48.6 Å². The molecule has 200 valence electrons. The number of imidazole rings is 1. The highest BCUT2D eigenvalue weighted by Gasteiger charge is 2.28. The van der Waals surface area contributed by atoms with Crippen molar-refractivity contribution in [2.75, 3.05) is 20.6 Å². The molecule has 1 amide bonds. The van der Waals surface area contributed by atoms with Gasteiger partial charge in [-0.05, 0) is 70.9 Å².